The second-order valence-electron chi connectivity index (χ2n) is 4.75. The summed E-state index contributed by atoms with van der Waals surface area (Å²) in [4.78, 5) is 0. The molecule has 1 heteroatoms. The lowest BCUT2D eigenvalue weighted by Gasteiger charge is -2.28. The molecule has 1 heterocycles. The summed E-state index contributed by atoms with van der Waals surface area (Å²) in [5, 5.41) is 0. The highest BCUT2D eigenvalue weighted by Crippen LogP contribution is 2.25. The van der Waals surface area contributed by atoms with Gasteiger partial charge in [-0.05, 0) is 18.8 Å². The van der Waals surface area contributed by atoms with E-state index in [1.807, 2.05) is 0 Å². The van der Waals surface area contributed by atoms with E-state index < -0.39 is 0 Å². The fraction of sp³-hybridized carbons (Fsp3) is 0.333. The first kappa shape index (κ1) is 11.3. The Kier molecular flexibility index (Phi) is 3.66. The van der Waals surface area contributed by atoms with Crippen molar-refractivity contribution in [1.29, 1.82) is 0 Å². The third kappa shape index (κ3) is 2.29. The van der Waals surface area contributed by atoms with Crippen molar-refractivity contribution in [3.05, 3.63) is 55.1 Å². The Hall–Kier alpha value is -1.24. The summed E-state index contributed by atoms with van der Waals surface area (Å²) in [6.45, 7) is 8.41. The molecule has 0 radical (unpaired) electrons. The Morgan fingerprint density at radius 2 is 2.06 bits per heavy atom. The van der Waals surface area contributed by atoms with Crippen LogP contribution in [0.2, 0.25) is 12.6 Å². The summed E-state index contributed by atoms with van der Waals surface area (Å²) >= 11 is 0. The number of hydrogen-bond donors (Lipinski definition) is 0. The Bertz CT molecular complexity index is 381. The van der Waals surface area contributed by atoms with Crippen LogP contribution in [0.4, 0.5) is 0 Å². The fourth-order valence-corrected chi connectivity index (χ4v) is 2.88. The van der Waals surface area contributed by atoms with Crippen molar-refractivity contribution in [2.75, 3.05) is 0 Å². The molecule has 0 aromatic heterocycles. The fourth-order valence-electron chi connectivity index (χ4n) is 2.88. The van der Waals surface area contributed by atoms with Gasteiger partial charge in [-0.15, -0.1) is 13.2 Å². The largest absolute Gasteiger partial charge is 0.180 e. The van der Waals surface area contributed by atoms with Gasteiger partial charge < -0.3 is 0 Å². The quantitative estimate of drug-likeness (QED) is 0.528. The van der Waals surface area contributed by atoms with Gasteiger partial charge in [0, 0.05) is 0 Å². The van der Waals surface area contributed by atoms with Crippen molar-refractivity contribution in [1.82, 2.24) is 0 Å². The maximum absolute atomic E-state index is 3.88. The Balaban J connectivity index is 2.25. The molecule has 1 aliphatic rings. The van der Waals surface area contributed by atoms with Crippen molar-refractivity contribution in [2.45, 2.75) is 25.5 Å². The summed E-state index contributed by atoms with van der Waals surface area (Å²) in [6, 6.07) is 8.87. The topological polar surface area (TPSA) is 0 Å². The van der Waals surface area contributed by atoms with Crippen LogP contribution in [-0.2, 0) is 6.42 Å². The van der Waals surface area contributed by atoms with Crippen LogP contribution in [0, 0.1) is 5.92 Å². The van der Waals surface area contributed by atoms with Crippen LogP contribution in [0.1, 0.15) is 12.0 Å². The van der Waals surface area contributed by atoms with Gasteiger partial charge in [-0.25, -0.2) is 0 Å². The first-order valence-electron chi connectivity index (χ1n) is 6.14. The van der Waals surface area contributed by atoms with Crippen LogP contribution in [0.3, 0.4) is 0 Å². The molecule has 0 fully saturated rings. The maximum atomic E-state index is 3.88. The highest BCUT2D eigenvalue weighted by Gasteiger charge is 2.27. The smallest absolute Gasteiger partial charge is 0.104 e. The molecule has 82 valence electrons. The van der Waals surface area contributed by atoms with E-state index in [-0.39, 0.29) is 0 Å². The van der Waals surface area contributed by atoms with Crippen molar-refractivity contribution in [2.24, 2.45) is 5.92 Å². The molecular formula is C15H19B. The van der Waals surface area contributed by atoms with E-state index in [9.17, 15) is 0 Å². The van der Waals surface area contributed by atoms with Gasteiger partial charge in [-0.3, -0.25) is 0 Å². The number of rotatable bonds is 4. The minimum atomic E-state index is 0.674. The minimum absolute atomic E-state index is 0.674. The first-order valence-corrected chi connectivity index (χ1v) is 6.14. The van der Waals surface area contributed by atoms with Crippen LogP contribution in [0.15, 0.2) is 49.6 Å². The predicted octanol–water partition coefficient (Wildman–Crippen LogP) is 3.32. The molecule has 0 N–H and O–H groups in total. The van der Waals surface area contributed by atoms with Gasteiger partial charge in [0.05, 0.1) is 0 Å². The molecule has 2 rings (SSSR count). The second kappa shape index (κ2) is 5.20. The van der Waals surface area contributed by atoms with Crippen LogP contribution in [0.25, 0.3) is 0 Å². The average Bonchev–Trinajstić information content (AvgIpc) is 2.30. The highest BCUT2D eigenvalue weighted by molar-refractivity contribution is 6.74. The van der Waals surface area contributed by atoms with E-state index in [4.69, 9.17) is 0 Å². The zero-order chi connectivity index (χ0) is 11.4. The van der Waals surface area contributed by atoms with Crippen LogP contribution >= 0.6 is 0 Å². The molecule has 1 aromatic carbocycles. The standard InChI is InChI=1S/C15H19B/c1-3-7-13-11-14-8-5-6-9-15(14)16(12-13)10-4-2/h3-6,8-9,13H,1-2,7,10-12H2. The summed E-state index contributed by atoms with van der Waals surface area (Å²) in [5.41, 5.74) is 3.08. The van der Waals surface area contributed by atoms with Crippen molar-refractivity contribution in [3.8, 4) is 0 Å². The Morgan fingerprint density at radius 1 is 1.25 bits per heavy atom. The van der Waals surface area contributed by atoms with E-state index in [2.05, 4.69) is 49.6 Å². The molecule has 1 atom stereocenters. The van der Waals surface area contributed by atoms with E-state index in [1.54, 1.807) is 5.46 Å². The summed E-state index contributed by atoms with van der Waals surface area (Å²) in [5.74, 6) is 0.775. The zero-order valence-corrected chi connectivity index (χ0v) is 9.86. The number of hydrogen-bond acceptors (Lipinski definition) is 0. The number of benzene rings is 1. The van der Waals surface area contributed by atoms with E-state index in [1.165, 1.54) is 18.3 Å². The lowest BCUT2D eigenvalue weighted by Crippen LogP contribution is -2.39. The van der Waals surface area contributed by atoms with Crippen LogP contribution in [-0.4, -0.2) is 6.71 Å². The Labute approximate surface area is 99.2 Å². The third-order valence-corrected chi connectivity index (χ3v) is 3.57. The van der Waals surface area contributed by atoms with Crippen molar-refractivity contribution >= 4 is 12.2 Å². The molecule has 0 nitrogen and oxygen atoms in total. The monoisotopic (exact) mass is 210 g/mol. The lowest BCUT2D eigenvalue weighted by molar-refractivity contribution is 0.579. The van der Waals surface area contributed by atoms with Gasteiger partial charge in [0.2, 0.25) is 0 Å². The number of fused-ring (bicyclic) bond motifs is 1. The molecule has 0 aliphatic carbocycles. The molecule has 0 saturated heterocycles. The molecule has 0 saturated carbocycles. The molecule has 0 bridgehead atoms. The van der Waals surface area contributed by atoms with Gasteiger partial charge in [-0.2, -0.15) is 0 Å². The molecule has 1 aromatic rings. The zero-order valence-electron chi connectivity index (χ0n) is 9.86. The van der Waals surface area contributed by atoms with Gasteiger partial charge in [0.25, 0.3) is 0 Å². The first-order chi connectivity index (χ1) is 7.85. The van der Waals surface area contributed by atoms with Gasteiger partial charge in [0.1, 0.15) is 0 Å². The third-order valence-electron chi connectivity index (χ3n) is 3.57. The van der Waals surface area contributed by atoms with Crippen LogP contribution < -0.4 is 5.46 Å². The lowest BCUT2D eigenvalue weighted by atomic mass is 9.35. The maximum Gasteiger partial charge on any atom is 0.180 e. The SMILES string of the molecule is C=CCB1CC(CC=C)Cc2ccccc21. The van der Waals surface area contributed by atoms with Gasteiger partial charge >= 0.3 is 0 Å². The van der Waals surface area contributed by atoms with Gasteiger partial charge in [0.15, 0.2) is 6.71 Å². The second-order valence-corrected chi connectivity index (χ2v) is 4.75. The minimum Gasteiger partial charge on any atom is -0.104 e. The molecule has 1 unspecified atom stereocenters. The molecule has 0 spiro atoms. The molecule has 0 amide bonds. The normalized spacial score (nSPS) is 19.0. The highest BCUT2D eigenvalue weighted by atomic mass is 14.2. The number of allylic oxidation sites excluding steroid dienone is 2. The summed E-state index contributed by atoms with van der Waals surface area (Å²) < 4.78 is 0. The van der Waals surface area contributed by atoms with E-state index >= 15 is 0 Å². The summed E-state index contributed by atoms with van der Waals surface area (Å²) in [7, 11) is 0. The van der Waals surface area contributed by atoms with Gasteiger partial charge in [-0.1, -0.05) is 60.1 Å². The average molecular weight is 210 g/mol. The van der Waals surface area contributed by atoms with Crippen LogP contribution in [0.5, 0.6) is 0 Å². The molecule has 1 aliphatic heterocycles. The Morgan fingerprint density at radius 3 is 2.81 bits per heavy atom. The molecular weight excluding hydrogens is 191 g/mol. The van der Waals surface area contributed by atoms with E-state index in [0.29, 0.717) is 6.71 Å². The molecule has 16 heavy (non-hydrogen) atoms. The van der Waals surface area contributed by atoms with E-state index in [0.717, 1.165) is 18.7 Å². The van der Waals surface area contributed by atoms with Crippen molar-refractivity contribution in [3.63, 3.8) is 0 Å². The predicted molar refractivity (Wildman–Crippen MR) is 73.6 cm³/mol. The summed E-state index contributed by atoms with van der Waals surface area (Å²) in [6.07, 6.45) is 8.86. The van der Waals surface area contributed by atoms with Crippen molar-refractivity contribution < 1.29 is 0 Å².